The van der Waals surface area contributed by atoms with E-state index in [1.807, 2.05) is 18.2 Å². The summed E-state index contributed by atoms with van der Waals surface area (Å²) in [5, 5.41) is 14.3. The van der Waals surface area contributed by atoms with Gasteiger partial charge in [0, 0.05) is 19.3 Å². The summed E-state index contributed by atoms with van der Waals surface area (Å²) in [4.78, 5) is 18.0. The Morgan fingerprint density at radius 1 is 1.23 bits per heavy atom. The number of amides is 1. The fraction of sp³-hybridized carbons (Fsp3) is 0.211. The predicted molar refractivity (Wildman–Crippen MR) is 94.2 cm³/mol. The zero-order valence-electron chi connectivity index (χ0n) is 14.5. The third-order valence-corrected chi connectivity index (χ3v) is 3.92. The molecule has 134 valence electrons. The third-order valence-electron chi connectivity index (χ3n) is 3.92. The number of nitrogens with zero attached hydrogens (tertiary/aromatic N) is 3. The number of benzene rings is 1. The monoisotopic (exact) mass is 353 g/mol. The highest BCUT2D eigenvalue weighted by Gasteiger charge is 2.22. The molecule has 0 aliphatic heterocycles. The second-order valence-electron chi connectivity index (χ2n) is 5.76. The highest BCUT2D eigenvalue weighted by Crippen LogP contribution is 2.21. The molecule has 0 saturated carbocycles. The number of carbonyl (C=O) groups is 1. The van der Waals surface area contributed by atoms with Gasteiger partial charge in [0.25, 0.3) is 5.91 Å². The van der Waals surface area contributed by atoms with Crippen molar-refractivity contribution in [3.63, 3.8) is 0 Å². The molecule has 3 rings (SSSR count). The maximum absolute atomic E-state index is 12.4. The number of rotatable bonds is 6. The molecule has 0 spiro atoms. The number of carbonyl (C=O) groups excluding carboxylic acids is 1. The van der Waals surface area contributed by atoms with Crippen molar-refractivity contribution in [1.82, 2.24) is 15.0 Å². The largest absolute Gasteiger partial charge is 0.497 e. The molecule has 0 bridgehead atoms. The number of hydrogen-bond donors (Lipinski definition) is 1. The molecule has 0 aliphatic carbocycles. The fourth-order valence-corrected chi connectivity index (χ4v) is 2.47. The van der Waals surface area contributed by atoms with Crippen molar-refractivity contribution in [2.75, 3.05) is 14.2 Å². The lowest BCUT2D eigenvalue weighted by Gasteiger charge is -2.19. The molecule has 7 nitrogen and oxygen atoms in total. The van der Waals surface area contributed by atoms with Crippen LogP contribution in [0, 0.1) is 0 Å². The van der Waals surface area contributed by atoms with E-state index in [9.17, 15) is 9.90 Å². The van der Waals surface area contributed by atoms with Gasteiger partial charge in [-0.05, 0) is 29.8 Å². The minimum absolute atomic E-state index is 0.186. The number of aliphatic hydroxyl groups excluding tert-OH is 1. The molecule has 1 N–H and O–H groups in total. The smallest absolute Gasteiger partial charge is 0.256 e. The molecule has 0 radical (unpaired) electrons. The van der Waals surface area contributed by atoms with Crippen molar-refractivity contribution in [1.29, 1.82) is 0 Å². The van der Waals surface area contributed by atoms with Crippen molar-refractivity contribution in [3.05, 3.63) is 66.1 Å². The first-order valence-electron chi connectivity index (χ1n) is 8.02. The number of aromatic nitrogens is 2. The molecule has 2 heterocycles. The van der Waals surface area contributed by atoms with Gasteiger partial charge in [-0.15, -0.1) is 0 Å². The van der Waals surface area contributed by atoms with E-state index in [1.54, 1.807) is 50.7 Å². The quantitative estimate of drug-likeness (QED) is 0.732. The van der Waals surface area contributed by atoms with Gasteiger partial charge in [0.2, 0.25) is 0 Å². The Bertz CT molecular complexity index is 862. The van der Waals surface area contributed by atoms with Crippen LogP contribution in [0.5, 0.6) is 5.75 Å². The summed E-state index contributed by atoms with van der Waals surface area (Å²) in [5.74, 6) is 0.722. The topological polar surface area (TPSA) is 88.7 Å². The average molecular weight is 353 g/mol. The van der Waals surface area contributed by atoms with Gasteiger partial charge in [-0.1, -0.05) is 23.4 Å². The summed E-state index contributed by atoms with van der Waals surface area (Å²) in [6, 6.07) is 13.9. The lowest BCUT2D eigenvalue weighted by molar-refractivity contribution is -0.140. The van der Waals surface area contributed by atoms with Crippen LogP contribution < -0.4 is 4.74 Å². The first-order valence-corrected chi connectivity index (χ1v) is 8.02. The third kappa shape index (κ3) is 3.89. The maximum Gasteiger partial charge on any atom is 0.256 e. The van der Waals surface area contributed by atoms with Gasteiger partial charge < -0.3 is 19.3 Å². The lowest BCUT2D eigenvalue weighted by atomic mass is 10.1. The highest BCUT2D eigenvalue weighted by molar-refractivity contribution is 5.81. The first-order chi connectivity index (χ1) is 12.6. The normalized spacial score (nSPS) is 11.8. The lowest BCUT2D eigenvalue weighted by Crippen LogP contribution is -2.31. The maximum atomic E-state index is 12.4. The van der Waals surface area contributed by atoms with E-state index in [1.165, 1.54) is 4.90 Å². The van der Waals surface area contributed by atoms with Crippen molar-refractivity contribution >= 4 is 5.91 Å². The number of pyridine rings is 1. The van der Waals surface area contributed by atoms with Gasteiger partial charge in [-0.25, -0.2) is 0 Å². The molecule has 1 atom stereocenters. The van der Waals surface area contributed by atoms with Gasteiger partial charge in [0.15, 0.2) is 11.9 Å². The number of methoxy groups -OCH3 is 1. The standard InChI is InChI=1S/C19H19N3O4/c1-22(19(24)18(23)13-6-8-14(25-2)9-7-13)12-15-11-17(21-26-15)16-5-3-4-10-20-16/h3-11,18,23H,12H2,1-2H3/t18-/m1/s1. The minimum atomic E-state index is -1.26. The zero-order valence-corrected chi connectivity index (χ0v) is 14.5. The number of hydrogen-bond acceptors (Lipinski definition) is 6. The Hall–Kier alpha value is -3.19. The molecule has 3 aromatic rings. The van der Waals surface area contributed by atoms with Crippen LogP contribution in [0.1, 0.15) is 17.4 Å². The van der Waals surface area contributed by atoms with E-state index in [4.69, 9.17) is 9.26 Å². The van der Waals surface area contributed by atoms with Gasteiger partial charge in [0.1, 0.15) is 11.4 Å². The van der Waals surface area contributed by atoms with Crippen LogP contribution in [-0.2, 0) is 11.3 Å². The summed E-state index contributed by atoms with van der Waals surface area (Å²) in [7, 11) is 3.15. The molecule has 1 amide bonds. The Balaban J connectivity index is 1.66. The zero-order chi connectivity index (χ0) is 18.5. The molecule has 26 heavy (non-hydrogen) atoms. The first kappa shape index (κ1) is 17.6. The summed E-state index contributed by atoms with van der Waals surface area (Å²) in [6.07, 6.45) is 0.411. The van der Waals surface area contributed by atoms with Crippen LogP contribution in [0.25, 0.3) is 11.4 Å². The number of aliphatic hydroxyl groups is 1. The van der Waals surface area contributed by atoms with Gasteiger partial charge in [-0.2, -0.15) is 0 Å². The summed E-state index contributed by atoms with van der Waals surface area (Å²) >= 11 is 0. The van der Waals surface area contributed by atoms with Crippen molar-refractivity contribution in [2.45, 2.75) is 12.6 Å². The molecule has 0 aliphatic rings. The Morgan fingerprint density at radius 3 is 2.65 bits per heavy atom. The van der Waals surface area contributed by atoms with Gasteiger partial charge in [0.05, 0.1) is 19.3 Å². The average Bonchev–Trinajstić information content (AvgIpc) is 3.16. The van der Waals surface area contributed by atoms with Gasteiger partial charge >= 0.3 is 0 Å². The minimum Gasteiger partial charge on any atom is -0.497 e. The van der Waals surface area contributed by atoms with E-state index in [0.717, 1.165) is 0 Å². The summed E-state index contributed by atoms with van der Waals surface area (Å²) < 4.78 is 10.3. The van der Waals surface area contributed by atoms with Crippen LogP contribution in [0.3, 0.4) is 0 Å². The van der Waals surface area contributed by atoms with Crippen LogP contribution in [0.15, 0.2) is 59.3 Å². The van der Waals surface area contributed by atoms with Crippen LogP contribution in [0.4, 0.5) is 0 Å². The molecule has 1 aromatic carbocycles. The molecular formula is C19H19N3O4. The van der Waals surface area contributed by atoms with E-state index in [0.29, 0.717) is 28.5 Å². The number of ether oxygens (including phenoxy) is 1. The fourth-order valence-electron chi connectivity index (χ4n) is 2.47. The number of likely N-dealkylation sites (N-methyl/N-ethyl adjacent to an activating group) is 1. The molecule has 7 heteroatoms. The van der Waals surface area contributed by atoms with E-state index < -0.39 is 12.0 Å². The SMILES string of the molecule is COc1ccc([C@@H](O)C(=O)N(C)Cc2cc(-c3ccccn3)no2)cc1. The van der Waals surface area contributed by atoms with E-state index in [-0.39, 0.29) is 6.54 Å². The Kier molecular flexibility index (Phi) is 5.28. The predicted octanol–water partition coefficient (Wildman–Crippen LogP) is 2.44. The van der Waals surface area contributed by atoms with Crippen LogP contribution in [-0.4, -0.2) is 40.2 Å². The molecular weight excluding hydrogens is 334 g/mol. The summed E-state index contributed by atoms with van der Waals surface area (Å²) in [5.41, 5.74) is 1.78. The van der Waals surface area contributed by atoms with Crippen molar-refractivity contribution in [3.8, 4) is 17.1 Å². The Labute approximate surface area is 150 Å². The molecule has 2 aromatic heterocycles. The van der Waals surface area contributed by atoms with Crippen LogP contribution in [0.2, 0.25) is 0 Å². The van der Waals surface area contributed by atoms with E-state index >= 15 is 0 Å². The summed E-state index contributed by atoms with van der Waals surface area (Å²) in [6.45, 7) is 0.186. The Morgan fingerprint density at radius 2 is 2.00 bits per heavy atom. The van der Waals surface area contributed by atoms with Crippen molar-refractivity contribution < 1.29 is 19.2 Å². The second kappa shape index (κ2) is 7.79. The molecule has 0 fully saturated rings. The van der Waals surface area contributed by atoms with Gasteiger partial charge in [-0.3, -0.25) is 9.78 Å². The van der Waals surface area contributed by atoms with E-state index in [2.05, 4.69) is 10.1 Å². The molecule has 0 unspecified atom stereocenters. The van der Waals surface area contributed by atoms with Crippen LogP contribution >= 0.6 is 0 Å². The second-order valence-corrected chi connectivity index (χ2v) is 5.76. The molecule has 0 saturated heterocycles. The highest BCUT2D eigenvalue weighted by atomic mass is 16.5. The van der Waals surface area contributed by atoms with Crippen molar-refractivity contribution in [2.24, 2.45) is 0 Å².